The first kappa shape index (κ1) is 23.0. The molecule has 2 rings (SSSR count). The fourth-order valence-corrected chi connectivity index (χ4v) is 2.96. The third-order valence-corrected chi connectivity index (χ3v) is 4.31. The van der Waals surface area contributed by atoms with E-state index < -0.39 is 0 Å². The molecule has 0 aromatic heterocycles. The first-order valence-corrected chi connectivity index (χ1v) is 10.1. The first-order valence-electron chi connectivity index (χ1n) is 10.1. The maximum absolute atomic E-state index is 5.79. The molecule has 27 heavy (non-hydrogen) atoms. The molecule has 8 nitrogen and oxygen atoms in total. The van der Waals surface area contributed by atoms with Gasteiger partial charge < -0.3 is 37.9 Å². The number of hydrogen-bond donors (Lipinski definition) is 0. The summed E-state index contributed by atoms with van der Waals surface area (Å²) in [5.41, 5.74) is 0. The molecule has 0 bridgehead atoms. The summed E-state index contributed by atoms with van der Waals surface area (Å²) in [5, 5.41) is 0. The van der Waals surface area contributed by atoms with Crippen molar-refractivity contribution in [1.82, 2.24) is 0 Å². The van der Waals surface area contributed by atoms with Gasteiger partial charge in [-0.15, -0.1) is 0 Å². The van der Waals surface area contributed by atoms with E-state index in [4.69, 9.17) is 37.9 Å². The zero-order valence-electron chi connectivity index (χ0n) is 16.4. The summed E-state index contributed by atoms with van der Waals surface area (Å²) in [5.74, 6) is 0.567. The Morgan fingerprint density at radius 3 is 0.815 bits per heavy atom. The van der Waals surface area contributed by atoms with Gasteiger partial charge in [-0.05, 0) is 6.42 Å². The third kappa shape index (κ3) is 12.7. The lowest BCUT2D eigenvalue weighted by Crippen LogP contribution is -2.27. The maximum atomic E-state index is 5.79. The molecule has 0 amide bonds. The van der Waals surface area contributed by atoms with Crippen LogP contribution in [-0.2, 0) is 37.9 Å². The molecule has 2 aliphatic rings. The van der Waals surface area contributed by atoms with Crippen molar-refractivity contribution in [2.24, 2.45) is 11.8 Å². The molecule has 2 fully saturated rings. The molecular formula is C19H36O8. The Kier molecular flexibility index (Phi) is 14.1. The Bertz CT molecular complexity index is 273. The Morgan fingerprint density at radius 1 is 0.333 bits per heavy atom. The van der Waals surface area contributed by atoms with E-state index in [9.17, 15) is 0 Å². The van der Waals surface area contributed by atoms with E-state index in [1.165, 1.54) is 0 Å². The van der Waals surface area contributed by atoms with Gasteiger partial charge >= 0.3 is 0 Å². The van der Waals surface area contributed by atoms with Crippen LogP contribution < -0.4 is 0 Å². The second kappa shape index (κ2) is 16.6. The topological polar surface area (TPSA) is 73.8 Å². The fraction of sp³-hybridized carbons (Fsp3) is 1.00. The molecule has 0 spiro atoms. The van der Waals surface area contributed by atoms with E-state index in [-0.39, 0.29) is 11.8 Å². The Morgan fingerprint density at radius 2 is 0.556 bits per heavy atom. The van der Waals surface area contributed by atoms with E-state index >= 15 is 0 Å². The highest BCUT2D eigenvalue weighted by molar-refractivity contribution is 4.67. The van der Waals surface area contributed by atoms with Crippen LogP contribution in [-0.4, -0.2) is 106 Å². The molecule has 0 atom stereocenters. The van der Waals surface area contributed by atoms with Gasteiger partial charge in [0, 0.05) is 11.8 Å². The second-order valence-electron chi connectivity index (χ2n) is 6.72. The lowest BCUT2D eigenvalue weighted by molar-refractivity contribution is -0.0189. The van der Waals surface area contributed by atoms with E-state index in [1.807, 2.05) is 0 Å². The zero-order chi connectivity index (χ0) is 18.8. The first-order chi connectivity index (χ1) is 13.4. The quantitative estimate of drug-likeness (QED) is 0.682. The van der Waals surface area contributed by atoms with Gasteiger partial charge in [0.1, 0.15) is 0 Å². The standard InChI is InChI=1S/C19H36O8/c1-2-21-6-10-25-15-18(14-24-9-5-20-1)13-19-16-26-11-7-22-3-4-23-8-12-27-17-19/h18-19H,1-17H2. The molecular weight excluding hydrogens is 356 g/mol. The number of ether oxygens (including phenoxy) is 8. The van der Waals surface area contributed by atoms with Crippen LogP contribution in [0.4, 0.5) is 0 Å². The van der Waals surface area contributed by atoms with E-state index in [0.29, 0.717) is 106 Å². The van der Waals surface area contributed by atoms with Crippen molar-refractivity contribution in [3.8, 4) is 0 Å². The van der Waals surface area contributed by atoms with Crippen molar-refractivity contribution in [3.05, 3.63) is 0 Å². The minimum absolute atomic E-state index is 0.283. The smallest absolute Gasteiger partial charge is 0.0701 e. The van der Waals surface area contributed by atoms with Crippen molar-refractivity contribution in [3.63, 3.8) is 0 Å². The summed E-state index contributed by atoms with van der Waals surface area (Å²) in [6.45, 7) is 9.66. The molecule has 2 saturated heterocycles. The van der Waals surface area contributed by atoms with Crippen LogP contribution >= 0.6 is 0 Å². The molecule has 0 radical (unpaired) electrons. The molecule has 2 heterocycles. The van der Waals surface area contributed by atoms with Crippen LogP contribution in [0.3, 0.4) is 0 Å². The molecule has 0 unspecified atom stereocenters. The van der Waals surface area contributed by atoms with Gasteiger partial charge in [0.2, 0.25) is 0 Å². The van der Waals surface area contributed by atoms with Gasteiger partial charge in [0.05, 0.1) is 106 Å². The Balaban J connectivity index is 1.77. The van der Waals surface area contributed by atoms with Crippen LogP contribution in [0.2, 0.25) is 0 Å². The molecule has 0 aliphatic carbocycles. The van der Waals surface area contributed by atoms with Crippen LogP contribution in [0.15, 0.2) is 0 Å². The van der Waals surface area contributed by atoms with Crippen LogP contribution in [0, 0.1) is 11.8 Å². The molecule has 0 aromatic carbocycles. The third-order valence-electron chi connectivity index (χ3n) is 4.31. The van der Waals surface area contributed by atoms with Crippen LogP contribution in [0.5, 0.6) is 0 Å². The molecule has 160 valence electrons. The van der Waals surface area contributed by atoms with Gasteiger partial charge in [-0.25, -0.2) is 0 Å². The number of rotatable bonds is 2. The monoisotopic (exact) mass is 392 g/mol. The van der Waals surface area contributed by atoms with E-state index in [2.05, 4.69) is 0 Å². The van der Waals surface area contributed by atoms with Crippen molar-refractivity contribution < 1.29 is 37.9 Å². The Labute approximate surface area is 162 Å². The van der Waals surface area contributed by atoms with Gasteiger partial charge in [-0.3, -0.25) is 0 Å². The largest absolute Gasteiger partial charge is 0.379 e. The molecule has 0 N–H and O–H groups in total. The van der Waals surface area contributed by atoms with Gasteiger partial charge in [-0.2, -0.15) is 0 Å². The van der Waals surface area contributed by atoms with Gasteiger partial charge in [0.25, 0.3) is 0 Å². The van der Waals surface area contributed by atoms with Crippen LogP contribution in [0.25, 0.3) is 0 Å². The average Bonchev–Trinajstić information content (AvgIpc) is 2.72. The molecule has 0 saturated carbocycles. The molecule has 2 aliphatic heterocycles. The normalized spacial score (nSPS) is 25.8. The Hall–Kier alpha value is -0.320. The highest BCUT2D eigenvalue weighted by Gasteiger charge is 2.19. The van der Waals surface area contributed by atoms with Gasteiger partial charge in [0.15, 0.2) is 0 Å². The zero-order valence-corrected chi connectivity index (χ0v) is 16.4. The minimum atomic E-state index is 0.283. The fourth-order valence-electron chi connectivity index (χ4n) is 2.96. The minimum Gasteiger partial charge on any atom is -0.379 e. The predicted molar refractivity (Wildman–Crippen MR) is 98.1 cm³/mol. The predicted octanol–water partition coefficient (Wildman–Crippen LogP) is 0.769. The molecule has 8 heteroatoms. The van der Waals surface area contributed by atoms with E-state index in [0.717, 1.165) is 6.42 Å². The van der Waals surface area contributed by atoms with Gasteiger partial charge in [-0.1, -0.05) is 0 Å². The van der Waals surface area contributed by atoms with Crippen molar-refractivity contribution in [2.45, 2.75) is 6.42 Å². The van der Waals surface area contributed by atoms with Crippen molar-refractivity contribution in [2.75, 3.05) is 106 Å². The van der Waals surface area contributed by atoms with Crippen molar-refractivity contribution >= 4 is 0 Å². The summed E-state index contributed by atoms with van der Waals surface area (Å²) in [6, 6.07) is 0. The summed E-state index contributed by atoms with van der Waals surface area (Å²) in [4.78, 5) is 0. The second-order valence-corrected chi connectivity index (χ2v) is 6.72. The highest BCUT2D eigenvalue weighted by atomic mass is 16.6. The lowest BCUT2D eigenvalue weighted by atomic mass is 9.96. The van der Waals surface area contributed by atoms with E-state index in [1.54, 1.807) is 0 Å². The summed E-state index contributed by atoms with van der Waals surface area (Å²) >= 11 is 0. The summed E-state index contributed by atoms with van der Waals surface area (Å²) < 4.78 is 45.0. The average molecular weight is 392 g/mol. The summed E-state index contributed by atoms with van der Waals surface area (Å²) in [7, 11) is 0. The summed E-state index contributed by atoms with van der Waals surface area (Å²) in [6.07, 6.45) is 0.920. The highest BCUT2D eigenvalue weighted by Crippen LogP contribution is 2.16. The molecule has 0 aromatic rings. The van der Waals surface area contributed by atoms with Crippen molar-refractivity contribution in [1.29, 1.82) is 0 Å². The SMILES string of the molecule is C1COCCOCC(CC2COCCOCCOCCOC2)COCCO1. The number of hydrogen-bond acceptors (Lipinski definition) is 8. The lowest BCUT2D eigenvalue weighted by Gasteiger charge is -2.24. The maximum Gasteiger partial charge on any atom is 0.0701 e. The van der Waals surface area contributed by atoms with Crippen LogP contribution in [0.1, 0.15) is 6.42 Å².